The first-order chi connectivity index (χ1) is 10.1. The zero-order chi connectivity index (χ0) is 15.0. The highest BCUT2D eigenvalue weighted by Gasteiger charge is 2.51. The molecule has 2 saturated carbocycles. The van der Waals surface area contributed by atoms with Gasteiger partial charge in [0.15, 0.2) is 0 Å². The fourth-order valence-corrected chi connectivity index (χ4v) is 3.82. The summed E-state index contributed by atoms with van der Waals surface area (Å²) in [7, 11) is 0. The quantitative estimate of drug-likeness (QED) is 0.759. The van der Waals surface area contributed by atoms with Gasteiger partial charge >= 0.3 is 5.97 Å². The van der Waals surface area contributed by atoms with Crippen molar-refractivity contribution < 1.29 is 14.7 Å². The van der Waals surface area contributed by atoms with Crippen LogP contribution in [-0.2, 0) is 11.3 Å². The molecule has 2 bridgehead atoms. The maximum absolute atomic E-state index is 12.3. The summed E-state index contributed by atoms with van der Waals surface area (Å²) >= 11 is 0. The Morgan fingerprint density at radius 3 is 2.86 bits per heavy atom. The lowest BCUT2D eigenvalue weighted by molar-refractivity contribution is -0.144. The largest absolute Gasteiger partial charge is 0.481 e. The normalized spacial score (nSPS) is 30.3. The van der Waals surface area contributed by atoms with Gasteiger partial charge in [-0.2, -0.15) is 0 Å². The fraction of sp³-hybridized carbons (Fsp3) is 0.533. The number of carboxylic acids is 1. The molecule has 1 amide bonds. The highest BCUT2D eigenvalue weighted by molar-refractivity contribution is 5.94. The molecule has 4 atom stereocenters. The third-order valence-electron chi connectivity index (χ3n) is 4.79. The Morgan fingerprint density at radius 2 is 2.14 bits per heavy atom. The molecule has 6 nitrogen and oxygen atoms in total. The molecule has 1 aromatic heterocycles. The molecule has 0 radical (unpaired) electrons. The lowest BCUT2D eigenvalue weighted by atomic mass is 9.84. The molecule has 2 aliphatic rings. The fourth-order valence-electron chi connectivity index (χ4n) is 3.82. The van der Waals surface area contributed by atoms with Crippen molar-refractivity contribution >= 4 is 11.9 Å². The minimum absolute atomic E-state index is 0.204. The number of rotatable bonds is 4. The van der Waals surface area contributed by atoms with E-state index in [-0.39, 0.29) is 30.3 Å². The minimum atomic E-state index is -0.801. The van der Waals surface area contributed by atoms with Crippen molar-refractivity contribution in [1.29, 1.82) is 0 Å². The van der Waals surface area contributed by atoms with Crippen LogP contribution in [0.25, 0.3) is 0 Å². The van der Waals surface area contributed by atoms with Crippen LogP contribution < -0.4 is 11.1 Å². The third kappa shape index (κ3) is 2.51. The van der Waals surface area contributed by atoms with Crippen LogP contribution in [0.1, 0.15) is 35.3 Å². The third-order valence-corrected chi connectivity index (χ3v) is 4.79. The molecule has 4 unspecified atom stereocenters. The van der Waals surface area contributed by atoms with Gasteiger partial charge in [-0.25, -0.2) is 0 Å². The number of carbonyl (C=O) groups is 2. The summed E-state index contributed by atoms with van der Waals surface area (Å²) < 4.78 is 0. The van der Waals surface area contributed by atoms with E-state index in [9.17, 15) is 14.7 Å². The number of carboxylic acid groups (broad SMARTS) is 1. The minimum Gasteiger partial charge on any atom is -0.481 e. The van der Waals surface area contributed by atoms with E-state index in [0.717, 1.165) is 19.3 Å². The highest BCUT2D eigenvalue weighted by Crippen LogP contribution is 2.48. The number of nitrogens with two attached hydrogens (primary N) is 1. The van der Waals surface area contributed by atoms with Gasteiger partial charge in [-0.15, -0.1) is 0 Å². The summed E-state index contributed by atoms with van der Waals surface area (Å²) in [6.45, 7) is 0.271. The Labute approximate surface area is 122 Å². The van der Waals surface area contributed by atoms with Gasteiger partial charge < -0.3 is 16.2 Å². The smallest absolute Gasteiger partial charge is 0.308 e. The molecule has 0 spiro atoms. The van der Waals surface area contributed by atoms with Crippen molar-refractivity contribution in [2.45, 2.75) is 31.8 Å². The van der Waals surface area contributed by atoms with Gasteiger partial charge in [0.1, 0.15) is 0 Å². The van der Waals surface area contributed by atoms with Crippen molar-refractivity contribution in [2.24, 2.45) is 23.5 Å². The summed E-state index contributed by atoms with van der Waals surface area (Å²) in [6, 6.07) is 3.01. The molecule has 2 aliphatic carbocycles. The Bertz CT molecular complexity index is 575. The second-order valence-corrected chi connectivity index (χ2v) is 5.94. The number of nitrogens with zero attached hydrogens (tertiary/aromatic N) is 1. The van der Waals surface area contributed by atoms with E-state index in [1.54, 1.807) is 18.3 Å². The molecular formula is C15H19N3O3. The summed E-state index contributed by atoms with van der Waals surface area (Å²) in [5.41, 5.74) is 6.65. The number of pyridine rings is 1. The molecule has 4 N–H and O–H groups in total. The molecule has 0 saturated heterocycles. The van der Waals surface area contributed by atoms with E-state index in [0.29, 0.717) is 11.3 Å². The molecule has 21 heavy (non-hydrogen) atoms. The molecule has 2 fully saturated rings. The second-order valence-electron chi connectivity index (χ2n) is 5.94. The summed E-state index contributed by atoms with van der Waals surface area (Å²) in [4.78, 5) is 27.8. The van der Waals surface area contributed by atoms with Gasteiger partial charge in [0.25, 0.3) is 5.91 Å². The zero-order valence-electron chi connectivity index (χ0n) is 11.7. The number of nitrogens with one attached hydrogen (secondary N) is 1. The maximum Gasteiger partial charge on any atom is 0.308 e. The van der Waals surface area contributed by atoms with Gasteiger partial charge in [0.2, 0.25) is 0 Å². The van der Waals surface area contributed by atoms with Gasteiger partial charge in [-0.3, -0.25) is 14.6 Å². The summed E-state index contributed by atoms with van der Waals surface area (Å²) in [5.74, 6) is -1.00. The van der Waals surface area contributed by atoms with Crippen molar-refractivity contribution in [3.8, 4) is 0 Å². The lowest BCUT2D eigenvalue weighted by Gasteiger charge is -2.28. The van der Waals surface area contributed by atoms with Crippen LogP contribution in [-0.4, -0.2) is 28.0 Å². The number of amides is 1. The van der Waals surface area contributed by atoms with Crippen LogP contribution in [0.2, 0.25) is 0 Å². The predicted octanol–water partition coefficient (Wildman–Crippen LogP) is 0.769. The van der Waals surface area contributed by atoms with Gasteiger partial charge in [-0.05, 0) is 43.2 Å². The number of carbonyl (C=O) groups excluding carboxylic acids is 1. The molecule has 0 aliphatic heterocycles. The lowest BCUT2D eigenvalue weighted by Crippen LogP contribution is -2.46. The maximum atomic E-state index is 12.3. The second kappa shape index (κ2) is 5.44. The van der Waals surface area contributed by atoms with E-state index in [4.69, 9.17) is 5.73 Å². The van der Waals surface area contributed by atoms with E-state index >= 15 is 0 Å². The molecule has 112 valence electrons. The molecular weight excluding hydrogens is 270 g/mol. The highest BCUT2D eigenvalue weighted by atomic mass is 16.4. The van der Waals surface area contributed by atoms with E-state index in [2.05, 4.69) is 10.3 Å². The number of hydrogen-bond donors (Lipinski definition) is 3. The number of aliphatic carboxylic acids is 1. The molecule has 1 aromatic rings. The first-order valence-corrected chi connectivity index (χ1v) is 7.29. The van der Waals surface area contributed by atoms with E-state index in [1.165, 1.54) is 0 Å². The Balaban J connectivity index is 1.76. The number of fused-ring (bicyclic) bond motifs is 2. The molecule has 3 rings (SSSR count). The number of hydrogen-bond acceptors (Lipinski definition) is 4. The first kappa shape index (κ1) is 14.0. The van der Waals surface area contributed by atoms with Gasteiger partial charge in [0, 0.05) is 24.3 Å². The van der Waals surface area contributed by atoms with Crippen LogP contribution in [0.5, 0.6) is 0 Å². The Morgan fingerprint density at radius 1 is 1.38 bits per heavy atom. The molecule has 1 heterocycles. The average Bonchev–Trinajstić information content (AvgIpc) is 3.08. The summed E-state index contributed by atoms with van der Waals surface area (Å²) in [5, 5.41) is 12.3. The van der Waals surface area contributed by atoms with Crippen molar-refractivity contribution in [3.63, 3.8) is 0 Å². The van der Waals surface area contributed by atoms with E-state index < -0.39 is 11.9 Å². The van der Waals surface area contributed by atoms with E-state index in [1.807, 2.05) is 0 Å². The SMILES string of the molecule is NCc1cc(C(=O)NC2C3CCC(C3)C2C(=O)O)ccn1. The molecule has 6 heteroatoms. The Hall–Kier alpha value is -1.95. The number of aromatic nitrogens is 1. The standard InChI is InChI=1S/C15H19N3O3/c16-7-11-6-10(3-4-17-11)14(19)18-13-9-2-1-8(5-9)12(13)15(20)21/h3-4,6,8-9,12-13H,1-2,5,7,16H2,(H,18,19)(H,20,21). The van der Waals surface area contributed by atoms with Crippen LogP contribution in [0, 0.1) is 17.8 Å². The van der Waals surface area contributed by atoms with Crippen LogP contribution in [0.4, 0.5) is 0 Å². The predicted molar refractivity (Wildman–Crippen MR) is 75.3 cm³/mol. The van der Waals surface area contributed by atoms with Crippen molar-refractivity contribution in [3.05, 3.63) is 29.6 Å². The topological polar surface area (TPSA) is 105 Å². The average molecular weight is 289 g/mol. The molecule has 0 aromatic carbocycles. The van der Waals surface area contributed by atoms with Crippen molar-refractivity contribution in [1.82, 2.24) is 10.3 Å². The van der Waals surface area contributed by atoms with Gasteiger partial charge in [0.05, 0.1) is 11.6 Å². The Kier molecular flexibility index (Phi) is 3.63. The first-order valence-electron chi connectivity index (χ1n) is 7.29. The van der Waals surface area contributed by atoms with Crippen LogP contribution in [0.15, 0.2) is 18.3 Å². The van der Waals surface area contributed by atoms with Gasteiger partial charge in [-0.1, -0.05) is 0 Å². The zero-order valence-corrected chi connectivity index (χ0v) is 11.7. The van der Waals surface area contributed by atoms with Crippen LogP contribution in [0.3, 0.4) is 0 Å². The summed E-state index contributed by atoms with van der Waals surface area (Å²) in [6.07, 6.45) is 4.42. The van der Waals surface area contributed by atoms with Crippen LogP contribution >= 0.6 is 0 Å². The monoisotopic (exact) mass is 289 g/mol. The van der Waals surface area contributed by atoms with Crippen molar-refractivity contribution in [2.75, 3.05) is 0 Å².